The third kappa shape index (κ3) is 11.7. The highest BCUT2D eigenvalue weighted by molar-refractivity contribution is 6.01. The lowest BCUT2D eigenvalue weighted by molar-refractivity contribution is -0.111. The van der Waals surface area contributed by atoms with Gasteiger partial charge in [0.05, 0.1) is 0 Å². The van der Waals surface area contributed by atoms with E-state index in [0.29, 0.717) is 0 Å². The summed E-state index contributed by atoms with van der Waals surface area (Å²) >= 11 is 0. The molecule has 0 aliphatic carbocycles. The summed E-state index contributed by atoms with van der Waals surface area (Å²) in [6, 6.07) is 14.9. The van der Waals surface area contributed by atoms with Gasteiger partial charge >= 0.3 is 0 Å². The molecule has 0 aromatic heterocycles. The Hall–Kier alpha value is -2.55. The summed E-state index contributed by atoms with van der Waals surface area (Å²) in [6.45, 7) is 2.27. The van der Waals surface area contributed by atoms with E-state index in [9.17, 15) is 9.90 Å². The average molecular weight is 436 g/mol. The van der Waals surface area contributed by atoms with Crippen LogP contribution in [-0.2, 0) is 11.2 Å². The number of aryl methyl sites for hydroxylation is 1. The molecule has 2 rings (SSSR count). The van der Waals surface area contributed by atoms with E-state index in [-0.39, 0.29) is 11.7 Å². The van der Waals surface area contributed by atoms with E-state index in [0.717, 1.165) is 17.7 Å². The number of phenols is 1. The van der Waals surface area contributed by atoms with Crippen molar-refractivity contribution in [2.75, 3.05) is 5.32 Å². The van der Waals surface area contributed by atoms with Crippen molar-refractivity contribution in [3.8, 4) is 5.75 Å². The number of aromatic hydroxyl groups is 1. The Kier molecular flexibility index (Phi) is 13.0. The van der Waals surface area contributed by atoms with Gasteiger partial charge in [0.15, 0.2) is 0 Å². The first-order chi connectivity index (χ1) is 15.7. The Morgan fingerprint density at radius 2 is 1.28 bits per heavy atom. The van der Waals surface area contributed by atoms with Crippen molar-refractivity contribution < 1.29 is 9.90 Å². The number of carbonyl (C=O) groups excluding carboxylic acids is 1. The van der Waals surface area contributed by atoms with E-state index < -0.39 is 0 Å². The number of rotatable bonds is 16. The van der Waals surface area contributed by atoms with Gasteiger partial charge in [-0.3, -0.25) is 4.79 Å². The number of unbranched alkanes of at least 4 members (excludes halogenated alkanes) is 11. The molecule has 0 saturated carbocycles. The lowest BCUT2D eigenvalue weighted by atomic mass is 10.0. The van der Waals surface area contributed by atoms with Crippen molar-refractivity contribution in [3.63, 3.8) is 0 Å². The van der Waals surface area contributed by atoms with E-state index in [1.54, 1.807) is 30.3 Å². The second-order valence-electron chi connectivity index (χ2n) is 8.75. The van der Waals surface area contributed by atoms with Gasteiger partial charge in [-0.1, -0.05) is 102 Å². The van der Waals surface area contributed by atoms with Gasteiger partial charge in [-0.05, 0) is 54.3 Å². The second kappa shape index (κ2) is 16.1. The summed E-state index contributed by atoms with van der Waals surface area (Å²) in [7, 11) is 0. The second-order valence-corrected chi connectivity index (χ2v) is 8.75. The zero-order valence-corrected chi connectivity index (χ0v) is 19.8. The van der Waals surface area contributed by atoms with Crippen molar-refractivity contribution in [3.05, 3.63) is 65.7 Å². The monoisotopic (exact) mass is 435 g/mol. The minimum Gasteiger partial charge on any atom is -0.508 e. The van der Waals surface area contributed by atoms with Gasteiger partial charge in [0.2, 0.25) is 5.91 Å². The van der Waals surface area contributed by atoms with Crippen molar-refractivity contribution in [2.24, 2.45) is 0 Å². The number of hydrogen-bond donors (Lipinski definition) is 2. The molecule has 0 aliphatic rings. The number of hydrogen-bond acceptors (Lipinski definition) is 2. The fourth-order valence-electron chi connectivity index (χ4n) is 3.87. The minimum absolute atomic E-state index is 0.160. The van der Waals surface area contributed by atoms with Crippen LogP contribution in [0.15, 0.2) is 54.6 Å². The fraction of sp³-hybridized carbons (Fsp3) is 0.483. The smallest absolute Gasteiger partial charge is 0.248 e. The van der Waals surface area contributed by atoms with Crippen molar-refractivity contribution in [1.29, 1.82) is 0 Å². The zero-order chi connectivity index (χ0) is 22.9. The molecule has 0 atom stereocenters. The van der Waals surface area contributed by atoms with Crippen LogP contribution in [-0.4, -0.2) is 11.0 Å². The predicted octanol–water partition coefficient (Wildman–Crippen LogP) is 8.29. The average Bonchev–Trinajstić information content (AvgIpc) is 2.80. The van der Waals surface area contributed by atoms with E-state index >= 15 is 0 Å². The van der Waals surface area contributed by atoms with Crippen LogP contribution in [0.5, 0.6) is 5.75 Å². The molecule has 0 bridgehead atoms. The largest absolute Gasteiger partial charge is 0.508 e. The van der Waals surface area contributed by atoms with Crippen molar-refractivity contribution in [1.82, 2.24) is 0 Å². The molecule has 0 heterocycles. The predicted molar refractivity (Wildman–Crippen MR) is 137 cm³/mol. The van der Waals surface area contributed by atoms with Crippen LogP contribution in [0.2, 0.25) is 0 Å². The standard InChI is InChI=1S/C29H41NO2/c1-2-3-4-5-6-7-8-9-10-11-12-13-14-25-15-20-27(21-16-25)30-29(32)24-19-26-17-22-28(31)23-18-26/h15-24,31H,2-14H2,1H3,(H,30,32). The molecule has 2 aromatic rings. The number of amides is 1. The highest BCUT2D eigenvalue weighted by atomic mass is 16.3. The number of benzene rings is 2. The first-order valence-electron chi connectivity index (χ1n) is 12.5. The molecule has 1 amide bonds. The summed E-state index contributed by atoms with van der Waals surface area (Å²) in [5.74, 6) is 0.0574. The van der Waals surface area contributed by atoms with Crippen molar-refractivity contribution in [2.45, 2.75) is 90.4 Å². The molecule has 0 aliphatic heterocycles. The summed E-state index contributed by atoms with van der Waals surface area (Å²) in [4.78, 5) is 12.1. The quantitative estimate of drug-likeness (QED) is 0.206. The molecule has 2 aromatic carbocycles. The third-order valence-corrected chi connectivity index (χ3v) is 5.86. The van der Waals surface area contributed by atoms with Gasteiger partial charge in [0.25, 0.3) is 0 Å². The van der Waals surface area contributed by atoms with Gasteiger partial charge < -0.3 is 10.4 Å². The maximum Gasteiger partial charge on any atom is 0.248 e. The molecular formula is C29H41NO2. The number of carbonyl (C=O) groups is 1. The Labute approximate surface area is 195 Å². The van der Waals surface area contributed by atoms with Crippen LogP contribution < -0.4 is 5.32 Å². The van der Waals surface area contributed by atoms with Crippen molar-refractivity contribution >= 4 is 17.7 Å². The Bertz CT molecular complexity index is 778. The summed E-state index contributed by atoms with van der Waals surface area (Å²) in [5, 5.41) is 12.2. The van der Waals surface area contributed by atoms with Gasteiger partial charge in [-0.2, -0.15) is 0 Å². The van der Waals surface area contributed by atoms with Gasteiger partial charge in [0.1, 0.15) is 5.75 Å². The lowest BCUT2D eigenvalue weighted by Crippen LogP contribution is -2.07. The lowest BCUT2D eigenvalue weighted by Gasteiger charge is -2.06. The molecule has 0 unspecified atom stereocenters. The highest BCUT2D eigenvalue weighted by Gasteiger charge is 2.00. The first-order valence-corrected chi connectivity index (χ1v) is 12.5. The van der Waals surface area contributed by atoms with Crippen LogP contribution in [0, 0.1) is 0 Å². The summed E-state index contributed by atoms with van der Waals surface area (Å²) in [5.41, 5.74) is 3.01. The highest BCUT2D eigenvalue weighted by Crippen LogP contribution is 2.15. The first kappa shape index (κ1) is 25.7. The molecule has 2 N–H and O–H groups in total. The molecule has 0 radical (unpaired) electrons. The molecule has 3 heteroatoms. The number of anilines is 1. The van der Waals surface area contributed by atoms with Gasteiger partial charge in [-0.15, -0.1) is 0 Å². The van der Waals surface area contributed by atoms with Crippen LogP contribution >= 0.6 is 0 Å². The summed E-state index contributed by atoms with van der Waals surface area (Å²) in [6.07, 6.45) is 20.8. The molecule has 0 spiro atoms. The number of nitrogens with one attached hydrogen (secondary N) is 1. The minimum atomic E-state index is -0.160. The molecule has 174 valence electrons. The fourth-order valence-corrected chi connectivity index (χ4v) is 3.87. The topological polar surface area (TPSA) is 49.3 Å². The molecule has 32 heavy (non-hydrogen) atoms. The van der Waals surface area contributed by atoms with E-state index in [2.05, 4.69) is 24.4 Å². The SMILES string of the molecule is CCCCCCCCCCCCCCc1ccc(NC(=O)C=Cc2ccc(O)cc2)cc1. The molecule has 0 fully saturated rings. The van der Waals surface area contributed by atoms with Crippen LogP contribution in [0.25, 0.3) is 6.08 Å². The third-order valence-electron chi connectivity index (χ3n) is 5.86. The van der Waals surface area contributed by atoms with Gasteiger partial charge in [-0.25, -0.2) is 0 Å². The molecule has 0 saturated heterocycles. The molecular weight excluding hydrogens is 394 g/mol. The summed E-state index contributed by atoms with van der Waals surface area (Å²) < 4.78 is 0. The van der Waals surface area contributed by atoms with Gasteiger partial charge in [0, 0.05) is 11.8 Å². The van der Waals surface area contributed by atoms with Crippen LogP contribution in [0.3, 0.4) is 0 Å². The maximum absolute atomic E-state index is 12.1. The van der Waals surface area contributed by atoms with Crippen LogP contribution in [0.1, 0.15) is 95.1 Å². The molecule has 3 nitrogen and oxygen atoms in total. The van der Waals surface area contributed by atoms with Crippen LogP contribution in [0.4, 0.5) is 5.69 Å². The number of phenolic OH excluding ortho intramolecular Hbond substituents is 1. The normalized spacial score (nSPS) is 11.2. The maximum atomic E-state index is 12.1. The van der Waals surface area contributed by atoms with E-state index in [1.165, 1.54) is 88.7 Å². The zero-order valence-electron chi connectivity index (χ0n) is 19.8. The Morgan fingerprint density at radius 3 is 1.84 bits per heavy atom. The van der Waals surface area contributed by atoms with E-state index in [1.807, 2.05) is 12.1 Å². The van der Waals surface area contributed by atoms with E-state index in [4.69, 9.17) is 0 Å². The Morgan fingerprint density at radius 1 is 0.750 bits per heavy atom. The Balaban J connectivity index is 1.53.